The minimum atomic E-state index is 0. The number of nitrogens with zero attached hydrogens (tertiary/aromatic N) is 2. The molecule has 1 aliphatic rings. The van der Waals surface area contributed by atoms with Crippen molar-refractivity contribution in [2.45, 2.75) is 19.8 Å². The molecule has 80 valence electrons. The highest BCUT2D eigenvalue weighted by atomic mass is 35.5. The average Bonchev–Trinajstić information content (AvgIpc) is 2.37. The van der Waals surface area contributed by atoms with Crippen molar-refractivity contribution in [2.24, 2.45) is 0 Å². The van der Waals surface area contributed by atoms with Crippen LogP contribution in [-0.4, -0.2) is 29.5 Å². The number of aromatic nitrogens is 1. The number of nitrogens with two attached hydrogens (primary N) is 1. The van der Waals surface area contributed by atoms with Gasteiger partial charge in [0.1, 0.15) is 5.76 Å². The van der Waals surface area contributed by atoms with Crippen LogP contribution in [-0.2, 0) is 12.8 Å². The number of anilines is 1. The zero-order chi connectivity index (χ0) is 9.26. The van der Waals surface area contributed by atoms with Gasteiger partial charge in [-0.05, 0) is 6.54 Å². The molecule has 0 bridgehead atoms. The highest BCUT2D eigenvalue weighted by Gasteiger charge is 2.17. The molecule has 0 saturated carbocycles. The van der Waals surface area contributed by atoms with Crippen LogP contribution in [0.25, 0.3) is 0 Å². The van der Waals surface area contributed by atoms with Crippen molar-refractivity contribution in [1.29, 1.82) is 0 Å². The predicted octanol–water partition coefficient (Wildman–Crippen LogP) is 1.10. The molecule has 1 aromatic rings. The Hall–Kier alpha value is -0.740. The third kappa shape index (κ3) is 2.19. The molecule has 4 nitrogen and oxygen atoms in total. The first-order chi connectivity index (χ1) is 6.29. The third-order valence-corrected chi connectivity index (χ3v) is 2.56. The van der Waals surface area contributed by atoms with Crippen LogP contribution in [0.3, 0.4) is 0 Å². The Labute approximate surface area is 89.9 Å². The zero-order valence-electron chi connectivity index (χ0n) is 8.32. The smallest absolute Gasteiger partial charge is 0.292 e. The number of nitrogen functional groups attached to an aromatic ring is 1. The van der Waals surface area contributed by atoms with Gasteiger partial charge in [0.15, 0.2) is 0 Å². The fraction of sp³-hybridized carbons (Fsp3) is 0.667. The van der Waals surface area contributed by atoms with Gasteiger partial charge in [-0.2, -0.15) is 4.98 Å². The van der Waals surface area contributed by atoms with E-state index in [0.29, 0.717) is 6.01 Å². The largest absolute Gasteiger partial charge is 0.429 e. The van der Waals surface area contributed by atoms with E-state index in [9.17, 15) is 0 Å². The predicted molar refractivity (Wildman–Crippen MR) is 57.7 cm³/mol. The first-order valence-electron chi connectivity index (χ1n) is 4.76. The lowest BCUT2D eigenvalue weighted by molar-refractivity contribution is 0.298. The Morgan fingerprint density at radius 3 is 2.86 bits per heavy atom. The molecular formula is C9H16ClN3O. The van der Waals surface area contributed by atoms with Crippen LogP contribution < -0.4 is 5.73 Å². The first-order valence-corrected chi connectivity index (χ1v) is 4.76. The Morgan fingerprint density at radius 1 is 1.43 bits per heavy atom. The van der Waals surface area contributed by atoms with E-state index >= 15 is 0 Å². The molecule has 2 heterocycles. The molecule has 0 aliphatic carbocycles. The van der Waals surface area contributed by atoms with Gasteiger partial charge in [-0.25, -0.2) is 0 Å². The standard InChI is InChI=1S/C9H15N3O.ClH/c1-2-12-5-3-7-8(4-6-12)13-9(10)11-7;/h2-6H2,1H3,(H2,10,11);1H. The van der Waals surface area contributed by atoms with Gasteiger partial charge in [-0.3, -0.25) is 0 Å². The summed E-state index contributed by atoms with van der Waals surface area (Å²) < 4.78 is 5.32. The molecule has 1 aromatic heterocycles. The second kappa shape index (κ2) is 4.66. The maximum absolute atomic E-state index is 5.49. The van der Waals surface area contributed by atoms with Crippen LogP contribution in [0.15, 0.2) is 4.42 Å². The van der Waals surface area contributed by atoms with Gasteiger partial charge in [-0.1, -0.05) is 6.92 Å². The molecule has 0 spiro atoms. The Balaban J connectivity index is 0.000000980. The second-order valence-electron chi connectivity index (χ2n) is 3.36. The van der Waals surface area contributed by atoms with Crippen LogP contribution in [0.5, 0.6) is 0 Å². The highest BCUT2D eigenvalue weighted by molar-refractivity contribution is 5.85. The van der Waals surface area contributed by atoms with Crippen LogP contribution in [0, 0.1) is 0 Å². The number of hydrogen-bond acceptors (Lipinski definition) is 4. The van der Waals surface area contributed by atoms with Crippen molar-refractivity contribution >= 4 is 18.4 Å². The van der Waals surface area contributed by atoms with Crippen molar-refractivity contribution in [3.8, 4) is 0 Å². The van der Waals surface area contributed by atoms with Crippen LogP contribution >= 0.6 is 12.4 Å². The van der Waals surface area contributed by atoms with Gasteiger partial charge in [-0.15, -0.1) is 12.4 Å². The summed E-state index contributed by atoms with van der Waals surface area (Å²) in [4.78, 5) is 6.56. The SMILES string of the molecule is CCN1CCc2nc(N)oc2CC1.Cl. The molecule has 2 rings (SSSR count). The topological polar surface area (TPSA) is 55.3 Å². The molecule has 0 saturated heterocycles. The fourth-order valence-electron chi connectivity index (χ4n) is 1.75. The summed E-state index contributed by atoms with van der Waals surface area (Å²) in [5.74, 6) is 0.980. The van der Waals surface area contributed by atoms with E-state index in [1.165, 1.54) is 0 Å². The lowest BCUT2D eigenvalue weighted by Gasteiger charge is -2.15. The maximum Gasteiger partial charge on any atom is 0.292 e. The van der Waals surface area contributed by atoms with Gasteiger partial charge >= 0.3 is 0 Å². The van der Waals surface area contributed by atoms with E-state index in [0.717, 1.165) is 43.9 Å². The maximum atomic E-state index is 5.49. The van der Waals surface area contributed by atoms with Gasteiger partial charge in [0, 0.05) is 25.9 Å². The van der Waals surface area contributed by atoms with Crippen molar-refractivity contribution in [1.82, 2.24) is 9.88 Å². The molecular weight excluding hydrogens is 202 g/mol. The summed E-state index contributed by atoms with van der Waals surface area (Å²) >= 11 is 0. The van der Waals surface area contributed by atoms with Gasteiger partial charge in [0.05, 0.1) is 5.69 Å². The van der Waals surface area contributed by atoms with Crippen LogP contribution in [0.2, 0.25) is 0 Å². The summed E-state index contributed by atoms with van der Waals surface area (Å²) in [5.41, 5.74) is 6.53. The molecule has 0 amide bonds. The second-order valence-corrected chi connectivity index (χ2v) is 3.36. The van der Waals surface area contributed by atoms with Crippen LogP contribution in [0.4, 0.5) is 6.01 Å². The van der Waals surface area contributed by atoms with Crippen molar-refractivity contribution < 1.29 is 4.42 Å². The Bertz CT molecular complexity index is 275. The first kappa shape index (κ1) is 11.3. The Kier molecular flexibility index (Phi) is 3.77. The molecule has 0 radical (unpaired) electrons. The summed E-state index contributed by atoms with van der Waals surface area (Å²) in [6.07, 6.45) is 1.90. The van der Waals surface area contributed by atoms with E-state index in [-0.39, 0.29) is 12.4 Å². The minimum Gasteiger partial charge on any atom is -0.429 e. The summed E-state index contributed by atoms with van der Waals surface area (Å²) in [5, 5.41) is 0. The number of likely N-dealkylation sites (N-methyl/N-ethyl adjacent to an activating group) is 1. The lowest BCUT2D eigenvalue weighted by Crippen LogP contribution is -2.25. The normalized spacial score (nSPS) is 16.9. The highest BCUT2D eigenvalue weighted by Crippen LogP contribution is 2.17. The summed E-state index contributed by atoms with van der Waals surface area (Å²) in [6, 6.07) is 0.315. The number of fused-ring (bicyclic) bond motifs is 1. The van der Waals surface area contributed by atoms with Gasteiger partial charge in [0.2, 0.25) is 0 Å². The van der Waals surface area contributed by atoms with E-state index in [2.05, 4.69) is 16.8 Å². The minimum absolute atomic E-state index is 0. The van der Waals surface area contributed by atoms with Gasteiger partial charge < -0.3 is 15.1 Å². The summed E-state index contributed by atoms with van der Waals surface area (Å²) in [6.45, 7) is 5.39. The lowest BCUT2D eigenvalue weighted by atomic mass is 10.2. The van der Waals surface area contributed by atoms with E-state index < -0.39 is 0 Å². The van der Waals surface area contributed by atoms with Crippen LogP contribution in [0.1, 0.15) is 18.4 Å². The average molecular weight is 218 g/mol. The molecule has 0 fully saturated rings. The van der Waals surface area contributed by atoms with Crippen molar-refractivity contribution in [3.05, 3.63) is 11.5 Å². The van der Waals surface area contributed by atoms with E-state index in [4.69, 9.17) is 10.2 Å². The number of rotatable bonds is 1. The molecule has 0 aromatic carbocycles. The number of oxazole rings is 1. The quantitative estimate of drug-likeness (QED) is 0.766. The molecule has 0 unspecified atom stereocenters. The molecule has 0 atom stereocenters. The van der Waals surface area contributed by atoms with Crippen molar-refractivity contribution in [3.63, 3.8) is 0 Å². The monoisotopic (exact) mass is 217 g/mol. The van der Waals surface area contributed by atoms with Gasteiger partial charge in [0.25, 0.3) is 6.01 Å². The third-order valence-electron chi connectivity index (χ3n) is 2.56. The number of halogens is 1. The molecule has 1 aliphatic heterocycles. The molecule has 5 heteroatoms. The fourth-order valence-corrected chi connectivity index (χ4v) is 1.75. The molecule has 14 heavy (non-hydrogen) atoms. The Morgan fingerprint density at radius 2 is 2.14 bits per heavy atom. The molecule has 2 N–H and O–H groups in total. The number of hydrogen-bond donors (Lipinski definition) is 1. The zero-order valence-corrected chi connectivity index (χ0v) is 9.14. The summed E-state index contributed by atoms with van der Waals surface area (Å²) in [7, 11) is 0. The van der Waals surface area contributed by atoms with Crippen molar-refractivity contribution in [2.75, 3.05) is 25.4 Å². The van der Waals surface area contributed by atoms with E-state index in [1.54, 1.807) is 0 Å². The van der Waals surface area contributed by atoms with E-state index in [1.807, 2.05) is 0 Å².